The Morgan fingerprint density at radius 3 is 1.69 bits per heavy atom. The monoisotopic (exact) mass is 411 g/mol. The molecule has 0 aliphatic rings. The van der Waals surface area contributed by atoms with Gasteiger partial charge in [-0.2, -0.15) is 0 Å². The molecule has 0 saturated carbocycles. The Morgan fingerprint density at radius 1 is 0.500 bits per heavy atom. The van der Waals surface area contributed by atoms with Gasteiger partial charge < -0.3 is 4.90 Å². The maximum absolute atomic E-state index is 2.37. The normalized spacial score (nSPS) is 11.5. The van der Waals surface area contributed by atoms with Crippen molar-refractivity contribution in [1.82, 2.24) is 0 Å². The van der Waals surface area contributed by atoms with Crippen LogP contribution in [0.2, 0.25) is 0 Å². The van der Waals surface area contributed by atoms with Crippen molar-refractivity contribution in [2.45, 2.75) is 19.8 Å². The molecule has 32 heavy (non-hydrogen) atoms. The molecule has 0 heterocycles. The van der Waals surface area contributed by atoms with Crippen LogP contribution in [0.4, 0.5) is 17.1 Å². The number of benzene rings is 6. The average Bonchev–Trinajstić information content (AvgIpc) is 2.85. The second kappa shape index (κ2) is 7.69. The quantitative estimate of drug-likeness (QED) is 0.256. The highest BCUT2D eigenvalue weighted by Crippen LogP contribution is 2.41. The van der Waals surface area contributed by atoms with E-state index in [1.807, 2.05) is 0 Å². The largest absolute Gasteiger partial charge is 0.310 e. The molecule has 0 saturated heterocycles. The molecule has 1 heteroatoms. The zero-order chi connectivity index (χ0) is 21.5. The molecule has 0 radical (unpaired) electrons. The topological polar surface area (TPSA) is 3.24 Å². The molecule has 0 fully saturated rings. The smallest absolute Gasteiger partial charge is 0.0473 e. The molecule has 6 rings (SSSR count). The summed E-state index contributed by atoms with van der Waals surface area (Å²) >= 11 is 0. The highest BCUT2D eigenvalue weighted by atomic mass is 15.1. The highest BCUT2D eigenvalue weighted by molar-refractivity contribution is 6.23. The number of rotatable bonds is 5. The van der Waals surface area contributed by atoms with E-state index < -0.39 is 0 Å². The van der Waals surface area contributed by atoms with Gasteiger partial charge in [-0.3, -0.25) is 0 Å². The fraction of sp³-hybridized carbons (Fsp3) is 0.0968. The van der Waals surface area contributed by atoms with Gasteiger partial charge in [0.2, 0.25) is 0 Å². The van der Waals surface area contributed by atoms with E-state index in [4.69, 9.17) is 0 Å². The first-order chi connectivity index (χ1) is 15.8. The summed E-state index contributed by atoms with van der Waals surface area (Å²) in [5.74, 6) is 0. The van der Waals surface area contributed by atoms with Crippen molar-refractivity contribution in [2.75, 3.05) is 4.90 Å². The van der Waals surface area contributed by atoms with Crippen LogP contribution in [-0.2, 0) is 6.42 Å². The lowest BCUT2D eigenvalue weighted by molar-refractivity contribution is 0.922. The van der Waals surface area contributed by atoms with Gasteiger partial charge in [0.1, 0.15) is 0 Å². The molecule has 0 amide bonds. The van der Waals surface area contributed by atoms with Gasteiger partial charge in [-0.25, -0.2) is 0 Å². The fourth-order valence-corrected chi connectivity index (χ4v) is 4.99. The summed E-state index contributed by atoms with van der Waals surface area (Å²) in [5, 5.41) is 7.90. The minimum atomic E-state index is 1.12. The average molecular weight is 412 g/mol. The van der Waals surface area contributed by atoms with Gasteiger partial charge in [-0.1, -0.05) is 86.1 Å². The SMILES string of the molecule is CCCc1ccc(N(c2ccccc2)c2cc3ccc4cccc5ccc(c2)c3c45)cc1. The van der Waals surface area contributed by atoms with Crippen LogP contribution in [0, 0.1) is 0 Å². The Morgan fingerprint density at radius 2 is 1.06 bits per heavy atom. The van der Waals surface area contributed by atoms with E-state index in [0.29, 0.717) is 0 Å². The van der Waals surface area contributed by atoms with E-state index in [-0.39, 0.29) is 0 Å². The van der Waals surface area contributed by atoms with Crippen LogP contribution in [0.15, 0.2) is 109 Å². The van der Waals surface area contributed by atoms with E-state index in [1.165, 1.54) is 54.9 Å². The summed E-state index contributed by atoms with van der Waals surface area (Å²) in [7, 11) is 0. The summed E-state index contributed by atoms with van der Waals surface area (Å²) in [6.45, 7) is 2.23. The number of aryl methyl sites for hydroxylation is 1. The third-order valence-corrected chi connectivity index (χ3v) is 6.45. The Kier molecular flexibility index (Phi) is 4.54. The van der Waals surface area contributed by atoms with Crippen molar-refractivity contribution >= 4 is 49.4 Å². The predicted molar refractivity (Wildman–Crippen MR) is 139 cm³/mol. The van der Waals surface area contributed by atoms with E-state index in [2.05, 4.69) is 121 Å². The zero-order valence-electron chi connectivity index (χ0n) is 18.3. The van der Waals surface area contributed by atoms with Gasteiger partial charge >= 0.3 is 0 Å². The molecule has 154 valence electrons. The molecular formula is C31H25N. The Balaban J connectivity index is 1.58. The van der Waals surface area contributed by atoms with Crippen LogP contribution in [0.25, 0.3) is 32.3 Å². The van der Waals surface area contributed by atoms with Crippen molar-refractivity contribution in [1.29, 1.82) is 0 Å². The summed E-state index contributed by atoms with van der Waals surface area (Å²) in [6.07, 6.45) is 2.28. The minimum Gasteiger partial charge on any atom is -0.310 e. The molecule has 0 unspecified atom stereocenters. The summed E-state index contributed by atoms with van der Waals surface area (Å²) < 4.78 is 0. The number of hydrogen-bond donors (Lipinski definition) is 0. The Hall–Kier alpha value is -3.84. The minimum absolute atomic E-state index is 1.12. The van der Waals surface area contributed by atoms with Crippen molar-refractivity contribution in [3.05, 3.63) is 115 Å². The molecule has 0 aromatic heterocycles. The van der Waals surface area contributed by atoms with E-state index in [1.54, 1.807) is 0 Å². The van der Waals surface area contributed by atoms with Crippen LogP contribution < -0.4 is 4.90 Å². The maximum Gasteiger partial charge on any atom is 0.0473 e. The molecule has 0 aliphatic heterocycles. The van der Waals surface area contributed by atoms with Gasteiger partial charge in [0.15, 0.2) is 0 Å². The van der Waals surface area contributed by atoms with Crippen molar-refractivity contribution < 1.29 is 0 Å². The molecule has 6 aromatic rings. The molecule has 0 aliphatic carbocycles. The van der Waals surface area contributed by atoms with Crippen molar-refractivity contribution in [3.63, 3.8) is 0 Å². The van der Waals surface area contributed by atoms with Crippen LogP contribution in [0.3, 0.4) is 0 Å². The number of hydrogen-bond acceptors (Lipinski definition) is 1. The molecule has 0 atom stereocenters. The first-order valence-corrected chi connectivity index (χ1v) is 11.4. The van der Waals surface area contributed by atoms with E-state index in [0.717, 1.165) is 12.8 Å². The zero-order valence-corrected chi connectivity index (χ0v) is 18.3. The number of para-hydroxylation sites is 1. The van der Waals surface area contributed by atoms with E-state index >= 15 is 0 Å². The molecule has 6 aromatic carbocycles. The van der Waals surface area contributed by atoms with Crippen molar-refractivity contribution in [2.24, 2.45) is 0 Å². The van der Waals surface area contributed by atoms with Crippen LogP contribution in [0.5, 0.6) is 0 Å². The fourth-order valence-electron chi connectivity index (χ4n) is 4.99. The third kappa shape index (κ3) is 3.09. The number of nitrogens with zero attached hydrogens (tertiary/aromatic N) is 1. The van der Waals surface area contributed by atoms with Crippen LogP contribution >= 0.6 is 0 Å². The molecule has 0 spiro atoms. The second-order valence-electron chi connectivity index (χ2n) is 8.56. The maximum atomic E-state index is 2.37. The standard InChI is InChI=1S/C31H25N/c1-2-7-22-12-18-28(19-13-22)32(27-10-4-3-5-11-27)29-20-25-16-14-23-8-6-9-24-15-17-26(21-29)31(25)30(23)24/h3-6,8-21H,2,7H2,1H3. The van der Waals surface area contributed by atoms with Gasteiger partial charge in [0.25, 0.3) is 0 Å². The Labute approximate surface area is 188 Å². The Bertz CT molecular complexity index is 1450. The lowest BCUT2D eigenvalue weighted by atomic mass is 9.93. The van der Waals surface area contributed by atoms with Gasteiger partial charge in [0.05, 0.1) is 0 Å². The summed E-state index contributed by atoms with van der Waals surface area (Å²) in [4.78, 5) is 2.37. The molecular weight excluding hydrogens is 386 g/mol. The molecule has 0 bridgehead atoms. The van der Waals surface area contributed by atoms with Crippen molar-refractivity contribution in [3.8, 4) is 0 Å². The lowest BCUT2D eigenvalue weighted by Crippen LogP contribution is -2.10. The van der Waals surface area contributed by atoms with Gasteiger partial charge in [-0.15, -0.1) is 0 Å². The molecule has 0 N–H and O–H groups in total. The first-order valence-electron chi connectivity index (χ1n) is 11.4. The number of anilines is 3. The van der Waals surface area contributed by atoms with Gasteiger partial charge in [0, 0.05) is 17.1 Å². The molecule has 1 nitrogen and oxygen atoms in total. The first kappa shape index (κ1) is 18.9. The second-order valence-corrected chi connectivity index (χ2v) is 8.56. The van der Waals surface area contributed by atoms with E-state index in [9.17, 15) is 0 Å². The third-order valence-electron chi connectivity index (χ3n) is 6.45. The predicted octanol–water partition coefficient (Wildman–Crippen LogP) is 9.01. The van der Waals surface area contributed by atoms with Crippen LogP contribution in [0.1, 0.15) is 18.9 Å². The highest BCUT2D eigenvalue weighted by Gasteiger charge is 2.15. The van der Waals surface area contributed by atoms with Crippen LogP contribution in [-0.4, -0.2) is 0 Å². The lowest BCUT2D eigenvalue weighted by Gasteiger charge is -2.26. The summed E-state index contributed by atoms with van der Waals surface area (Å²) in [6, 6.07) is 40.0. The summed E-state index contributed by atoms with van der Waals surface area (Å²) in [5.41, 5.74) is 4.93. The van der Waals surface area contributed by atoms with Gasteiger partial charge in [-0.05, 0) is 80.7 Å².